The predicted octanol–water partition coefficient (Wildman–Crippen LogP) is 2.56. The van der Waals surface area contributed by atoms with Gasteiger partial charge in [-0.25, -0.2) is 9.78 Å². The second-order valence-corrected chi connectivity index (χ2v) is 5.32. The SMILES string of the molecule is Cc1ccc2oc(C(=O)NCc3cccc(NC(N)=O)c3)cc2n1. The number of fused-ring (bicyclic) bond motifs is 1. The van der Waals surface area contributed by atoms with Crippen LogP contribution in [0.1, 0.15) is 21.8 Å². The zero-order valence-corrected chi connectivity index (χ0v) is 13.0. The van der Waals surface area contributed by atoms with Crippen molar-refractivity contribution in [2.24, 2.45) is 5.73 Å². The minimum atomic E-state index is -0.638. The van der Waals surface area contributed by atoms with Gasteiger partial charge in [-0.15, -0.1) is 0 Å². The molecule has 2 aromatic heterocycles. The highest BCUT2D eigenvalue weighted by Gasteiger charge is 2.13. The van der Waals surface area contributed by atoms with Crippen LogP contribution in [-0.2, 0) is 6.54 Å². The third kappa shape index (κ3) is 3.52. The summed E-state index contributed by atoms with van der Waals surface area (Å²) in [5.74, 6) is -0.131. The molecule has 7 heteroatoms. The number of urea groups is 1. The van der Waals surface area contributed by atoms with Crippen LogP contribution in [0.3, 0.4) is 0 Å². The van der Waals surface area contributed by atoms with Gasteiger partial charge in [-0.3, -0.25) is 4.79 Å². The van der Waals surface area contributed by atoms with E-state index in [1.165, 1.54) is 0 Å². The molecule has 3 amide bonds. The van der Waals surface area contributed by atoms with Crippen LogP contribution in [0.4, 0.5) is 10.5 Å². The van der Waals surface area contributed by atoms with E-state index in [-0.39, 0.29) is 18.2 Å². The van der Waals surface area contributed by atoms with Crippen LogP contribution in [0.25, 0.3) is 11.1 Å². The summed E-state index contributed by atoms with van der Waals surface area (Å²) in [6.07, 6.45) is 0. The van der Waals surface area contributed by atoms with Crippen molar-refractivity contribution in [3.8, 4) is 0 Å². The van der Waals surface area contributed by atoms with E-state index in [9.17, 15) is 9.59 Å². The number of pyridine rings is 1. The van der Waals surface area contributed by atoms with Crippen molar-refractivity contribution in [1.82, 2.24) is 10.3 Å². The van der Waals surface area contributed by atoms with Gasteiger partial charge >= 0.3 is 6.03 Å². The van der Waals surface area contributed by atoms with Gasteiger partial charge in [0.25, 0.3) is 5.91 Å². The Kier molecular flexibility index (Phi) is 4.15. The Morgan fingerprint density at radius 2 is 2.04 bits per heavy atom. The molecule has 2 heterocycles. The Bertz CT molecular complexity index is 917. The van der Waals surface area contributed by atoms with Crippen LogP contribution in [-0.4, -0.2) is 16.9 Å². The fourth-order valence-electron chi connectivity index (χ4n) is 2.31. The van der Waals surface area contributed by atoms with Crippen LogP contribution < -0.4 is 16.4 Å². The number of aryl methyl sites for hydroxylation is 1. The van der Waals surface area contributed by atoms with Gasteiger partial charge in [0.2, 0.25) is 0 Å². The summed E-state index contributed by atoms with van der Waals surface area (Å²) in [5, 5.41) is 5.25. The molecule has 7 nitrogen and oxygen atoms in total. The highest BCUT2D eigenvalue weighted by atomic mass is 16.3. The van der Waals surface area contributed by atoms with E-state index in [1.807, 2.05) is 19.1 Å². The average molecular weight is 324 g/mol. The van der Waals surface area contributed by atoms with Crippen molar-refractivity contribution in [3.63, 3.8) is 0 Å². The first kappa shape index (κ1) is 15.5. The normalized spacial score (nSPS) is 10.5. The van der Waals surface area contributed by atoms with E-state index in [2.05, 4.69) is 15.6 Å². The Balaban J connectivity index is 1.69. The number of furan rings is 1. The van der Waals surface area contributed by atoms with Gasteiger partial charge in [0.05, 0.1) is 0 Å². The maximum absolute atomic E-state index is 12.2. The maximum Gasteiger partial charge on any atom is 0.316 e. The molecule has 0 aliphatic heterocycles. The molecule has 0 atom stereocenters. The Labute approximate surface area is 137 Å². The largest absolute Gasteiger partial charge is 0.449 e. The first-order valence-electron chi connectivity index (χ1n) is 7.32. The standard InChI is InChI=1S/C17H16N4O3/c1-10-5-6-14-13(20-10)8-15(24-14)16(22)19-9-11-3-2-4-12(7-11)21-17(18)23/h2-8H,9H2,1H3,(H,19,22)(H3,18,21,23). The summed E-state index contributed by atoms with van der Waals surface area (Å²) in [6, 6.07) is 11.6. The van der Waals surface area contributed by atoms with Gasteiger partial charge in [-0.2, -0.15) is 0 Å². The van der Waals surface area contributed by atoms with Gasteiger partial charge in [-0.1, -0.05) is 12.1 Å². The van der Waals surface area contributed by atoms with Gasteiger partial charge in [0.1, 0.15) is 5.52 Å². The van der Waals surface area contributed by atoms with Gasteiger partial charge in [0, 0.05) is 24.0 Å². The van der Waals surface area contributed by atoms with E-state index in [0.717, 1.165) is 11.3 Å². The fourth-order valence-corrected chi connectivity index (χ4v) is 2.31. The summed E-state index contributed by atoms with van der Waals surface area (Å²) in [4.78, 5) is 27.4. The van der Waals surface area contributed by atoms with E-state index in [0.29, 0.717) is 16.8 Å². The summed E-state index contributed by atoms with van der Waals surface area (Å²) in [7, 11) is 0. The number of anilines is 1. The maximum atomic E-state index is 12.2. The Hall–Kier alpha value is -3.35. The third-order valence-electron chi connectivity index (χ3n) is 3.38. The van der Waals surface area contributed by atoms with Crippen LogP contribution in [0.5, 0.6) is 0 Å². The molecule has 122 valence electrons. The molecule has 4 N–H and O–H groups in total. The van der Waals surface area contributed by atoms with Gasteiger partial charge in [-0.05, 0) is 36.8 Å². The molecule has 0 spiro atoms. The van der Waals surface area contributed by atoms with Crippen molar-refractivity contribution in [2.75, 3.05) is 5.32 Å². The van der Waals surface area contributed by atoms with Crippen LogP contribution in [0.2, 0.25) is 0 Å². The number of carbonyl (C=O) groups is 2. The minimum absolute atomic E-state index is 0.203. The molecule has 24 heavy (non-hydrogen) atoms. The van der Waals surface area contributed by atoms with Crippen LogP contribution >= 0.6 is 0 Å². The first-order valence-corrected chi connectivity index (χ1v) is 7.32. The zero-order chi connectivity index (χ0) is 17.1. The molecular weight excluding hydrogens is 308 g/mol. The molecule has 0 aliphatic rings. The molecule has 1 aromatic carbocycles. The predicted molar refractivity (Wildman–Crippen MR) is 89.6 cm³/mol. The molecule has 0 unspecified atom stereocenters. The number of nitrogens with zero attached hydrogens (tertiary/aromatic N) is 1. The van der Waals surface area contributed by atoms with Crippen molar-refractivity contribution >= 4 is 28.7 Å². The number of benzene rings is 1. The quantitative estimate of drug-likeness (QED) is 0.685. The van der Waals surface area contributed by atoms with Crippen molar-refractivity contribution in [1.29, 1.82) is 0 Å². The molecule has 0 aliphatic carbocycles. The molecular formula is C17H16N4O3. The van der Waals surface area contributed by atoms with E-state index < -0.39 is 6.03 Å². The third-order valence-corrected chi connectivity index (χ3v) is 3.38. The lowest BCUT2D eigenvalue weighted by atomic mass is 10.2. The smallest absolute Gasteiger partial charge is 0.316 e. The number of nitrogens with two attached hydrogens (primary N) is 1. The van der Waals surface area contributed by atoms with E-state index in [4.69, 9.17) is 10.2 Å². The summed E-state index contributed by atoms with van der Waals surface area (Å²) in [6.45, 7) is 2.16. The van der Waals surface area contributed by atoms with E-state index >= 15 is 0 Å². The number of hydrogen-bond acceptors (Lipinski definition) is 4. The van der Waals surface area contributed by atoms with Gasteiger partial charge < -0.3 is 20.8 Å². The fraction of sp³-hybridized carbons (Fsp3) is 0.118. The molecule has 0 radical (unpaired) electrons. The molecule has 0 saturated heterocycles. The number of carbonyl (C=O) groups excluding carboxylic acids is 2. The van der Waals surface area contributed by atoms with E-state index in [1.54, 1.807) is 30.3 Å². The van der Waals surface area contributed by atoms with Crippen molar-refractivity contribution in [3.05, 3.63) is 59.5 Å². The van der Waals surface area contributed by atoms with Crippen LogP contribution in [0.15, 0.2) is 46.9 Å². The summed E-state index contributed by atoms with van der Waals surface area (Å²) in [5.41, 5.74) is 8.54. The highest BCUT2D eigenvalue weighted by Crippen LogP contribution is 2.18. The number of hydrogen-bond donors (Lipinski definition) is 3. The summed E-state index contributed by atoms with van der Waals surface area (Å²) < 4.78 is 5.50. The topological polar surface area (TPSA) is 110 Å². The van der Waals surface area contributed by atoms with Crippen LogP contribution in [0, 0.1) is 6.92 Å². The molecule has 3 aromatic rings. The molecule has 0 bridgehead atoms. The second-order valence-electron chi connectivity index (χ2n) is 5.32. The molecule has 3 rings (SSSR count). The zero-order valence-electron chi connectivity index (χ0n) is 13.0. The Morgan fingerprint density at radius 3 is 2.83 bits per heavy atom. The lowest BCUT2D eigenvalue weighted by Gasteiger charge is -2.06. The minimum Gasteiger partial charge on any atom is -0.449 e. The van der Waals surface area contributed by atoms with Gasteiger partial charge in [0.15, 0.2) is 11.3 Å². The number of nitrogens with one attached hydrogen (secondary N) is 2. The highest BCUT2D eigenvalue weighted by molar-refractivity contribution is 5.95. The lowest BCUT2D eigenvalue weighted by molar-refractivity contribution is 0.0925. The molecule has 0 fully saturated rings. The average Bonchev–Trinajstić information content (AvgIpc) is 2.95. The number of rotatable bonds is 4. The second kappa shape index (κ2) is 6.41. The number of primary amides is 1. The summed E-state index contributed by atoms with van der Waals surface area (Å²) >= 11 is 0. The first-order chi connectivity index (χ1) is 11.5. The molecule has 0 saturated carbocycles. The number of aromatic nitrogens is 1. The van der Waals surface area contributed by atoms with Crippen molar-refractivity contribution < 1.29 is 14.0 Å². The lowest BCUT2D eigenvalue weighted by Crippen LogP contribution is -2.22. The number of amides is 3. The monoisotopic (exact) mass is 324 g/mol. The van der Waals surface area contributed by atoms with Crippen molar-refractivity contribution in [2.45, 2.75) is 13.5 Å². The Morgan fingerprint density at radius 1 is 1.21 bits per heavy atom.